The fourth-order valence-corrected chi connectivity index (χ4v) is 4.04. The molecule has 33 heavy (non-hydrogen) atoms. The van der Waals surface area contributed by atoms with E-state index in [0.29, 0.717) is 37.2 Å². The molecule has 0 spiro atoms. The fraction of sp³-hybridized carbons (Fsp3) is 0.500. The molecule has 0 radical (unpaired) electrons. The number of amides is 2. The number of piperidine rings is 1. The SMILES string of the molecule is CC(C)(C)OC(=O)N1CCC(N(C(=O)c2cc(-c3ccc(C#N)c(F)c3)no2)C2CC2)CC1. The van der Waals surface area contributed by atoms with E-state index in [4.69, 9.17) is 14.5 Å². The average Bonchev–Trinajstić information content (AvgIpc) is 3.47. The topological polar surface area (TPSA) is 99.7 Å². The van der Waals surface area contributed by atoms with Crippen LogP contribution in [0.5, 0.6) is 0 Å². The number of aromatic nitrogens is 1. The minimum Gasteiger partial charge on any atom is -0.444 e. The normalized spacial score (nSPS) is 16.9. The lowest BCUT2D eigenvalue weighted by Gasteiger charge is -2.38. The van der Waals surface area contributed by atoms with Crippen molar-refractivity contribution in [1.82, 2.24) is 15.0 Å². The van der Waals surface area contributed by atoms with Crippen LogP contribution in [0.15, 0.2) is 28.8 Å². The zero-order valence-electron chi connectivity index (χ0n) is 19.0. The molecule has 0 N–H and O–H groups in total. The van der Waals surface area contributed by atoms with Crippen LogP contribution >= 0.6 is 0 Å². The molecule has 1 aromatic carbocycles. The van der Waals surface area contributed by atoms with Crippen molar-refractivity contribution in [2.75, 3.05) is 13.1 Å². The highest BCUT2D eigenvalue weighted by Crippen LogP contribution is 2.34. The quantitative estimate of drug-likeness (QED) is 0.681. The van der Waals surface area contributed by atoms with E-state index < -0.39 is 11.4 Å². The van der Waals surface area contributed by atoms with Gasteiger partial charge in [-0.25, -0.2) is 9.18 Å². The van der Waals surface area contributed by atoms with Crippen LogP contribution in [0.25, 0.3) is 11.3 Å². The summed E-state index contributed by atoms with van der Waals surface area (Å²) >= 11 is 0. The van der Waals surface area contributed by atoms with Crippen molar-refractivity contribution in [1.29, 1.82) is 5.26 Å². The summed E-state index contributed by atoms with van der Waals surface area (Å²) in [6, 6.07) is 7.57. The van der Waals surface area contributed by atoms with Gasteiger partial charge in [-0.3, -0.25) is 4.79 Å². The Kier molecular flexibility index (Phi) is 6.11. The van der Waals surface area contributed by atoms with Crippen molar-refractivity contribution < 1.29 is 23.2 Å². The van der Waals surface area contributed by atoms with Crippen LogP contribution in [0.1, 0.15) is 62.6 Å². The van der Waals surface area contributed by atoms with Crippen LogP contribution in [0.3, 0.4) is 0 Å². The minimum absolute atomic E-state index is 0.00964. The number of nitrogens with zero attached hydrogens (tertiary/aromatic N) is 4. The van der Waals surface area contributed by atoms with Crippen molar-refractivity contribution in [2.45, 2.75) is 64.1 Å². The first kappa shape index (κ1) is 22.8. The van der Waals surface area contributed by atoms with Crippen LogP contribution in [-0.2, 0) is 4.74 Å². The predicted octanol–water partition coefficient (Wildman–Crippen LogP) is 4.36. The van der Waals surface area contributed by atoms with Gasteiger partial charge in [0.2, 0.25) is 5.76 Å². The molecule has 1 aliphatic carbocycles. The molecule has 0 bridgehead atoms. The van der Waals surface area contributed by atoms with E-state index in [1.807, 2.05) is 25.7 Å². The Balaban J connectivity index is 1.45. The van der Waals surface area contributed by atoms with Crippen LogP contribution in [0.4, 0.5) is 9.18 Å². The molecule has 2 fully saturated rings. The van der Waals surface area contributed by atoms with Crippen molar-refractivity contribution in [3.8, 4) is 17.3 Å². The van der Waals surface area contributed by atoms with Crippen LogP contribution < -0.4 is 0 Å². The highest BCUT2D eigenvalue weighted by molar-refractivity contribution is 5.93. The highest BCUT2D eigenvalue weighted by atomic mass is 19.1. The summed E-state index contributed by atoms with van der Waals surface area (Å²) in [6.45, 7) is 6.54. The molecule has 8 nitrogen and oxygen atoms in total. The smallest absolute Gasteiger partial charge is 0.410 e. The molecule has 4 rings (SSSR count). The van der Waals surface area contributed by atoms with Gasteiger partial charge in [-0.1, -0.05) is 11.2 Å². The van der Waals surface area contributed by atoms with Gasteiger partial charge in [-0.05, 0) is 58.6 Å². The van der Waals surface area contributed by atoms with Crippen molar-refractivity contribution in [2.24, 2.45) is 0 Å². The largest absolute Gasteiger partial charge is 0.444 e. The molecule has 1 aliphatic heterocycles. The number of carbonyl (C=O) groups is 2. The monoisotopic (exact) mass is 454 g/mol. The predicted molar refractivity (Wildman–Crippen MR) is 117 cm³/mol. The molecule has 1 saturated heterocycles. The molecule has 0 unspecified atom stereocenters. The standard InChI is InChI=1S/C24H27FN4O4/c1-24(2,3)32-23(31)28-10-8-18(9-11-28)29(17-6-7-17)22(30)21-13-20(27-33-21)15-4-5-16(14-26)19(25)12-15/h4-5,12-13,17-18H,6-11H2,1-3H3. The maximum absolute atomic E-state index is 14.0. The Morgan fingerprint density at radius 3 is 2.42 bits per heavy atom. The van der Waals surface area contributed by atoms with Crippen LogP contribution in [0, 0.1) is 17.1 Å². The zero-order chi connectivity index (χ0) is 23.8. The maximum atomic E-state index is 14.0. The number of hydrogen-bond donors (Lipinski definition) is 0. The first-order valence-corrected chi connectivity index (χ1v) is 11.1. The lowest BCUT2D eigenvalue weighted by atomic mass is 10.0. The van der Waals surface area contributed by atoms with Gasteiger partial charge in [-0.15, -0.1) is 0 Å². The number of hydrogen-bond acceptors (Lipinski definition) is 6. The van der Waals surface area contributed by atoms with Gasteiger partial charge in [0.25, 0.3) is 5.91 Å². The van der Waals surface area contributed by atoms with E-state index in [-0.39, 0.29) is 35.4 Å². The molecule has 174 valence electrons. The van der Waals surface area contributed by atoms with Gasteiger partial charge >= 0.3 is 6.09 Å². The molecular formula is C24H27FN4O4. The second-order valence-electron chi connectivity index (χ2n) is 9.52. The summed E-state index contributed by atoms with van der Waals surface area (Å²) < 4.78 is 24.8. The third kappa shape index (κ3) is 5.16. The molecular weight excluding hydrogens is 427 g/mol. The molecule has 2 heterocycles. The number of benzene rings is 1. The van der Waals surface area contributed by atoms with E-state index in [2.05, 4.69) is 5.16 Å². The van der Waals surface area contributed by atoms with E-state index >= 15 is 0 Å². The van der Waals surface area contributed by atoms with Gasteiger partial charge < -0.3 is 19.1 Å². The summed E-state index contributed by atoms with van der Waals surface area (Å²) in [6.07, 6.45) is 2.84. The van der Waals surface area contributed by atoms with Crippen LogP contribution in [0.2, 0.25) is 0 Å². The molecule has 0 atom stereocenters. The third-order valence-corrected chi connectivity index (χ3v) is 5.79. The Morgan fingerprint density at radius 2 is 1.85 bits per heavy atom. The van der Waals surface area contributed by atoms with E-state index in [0.717, 1.165) is 12.8 Å². The second-order valence-corrected chi connectivity index (χ2v) is 9.52. The van der Waals surface area contributed by atoms with Gasteiger partial charge in [0.1, 0.15) is 23.2 Å². The van der Waals surface area contributed by atoms with Gasteiger partial charge in [0, 0.05) is 36.8 Å². The number of likely N-dealkylation sites (tertiary alicyclic amines) is 1. The molecule has 1 aromatic heterocycles. The lowest BCUT2D eigenvalue weighted by molar-refractivity contribution is 0.0138. The van der Waals surface area contributed by atoms with Crippen molar-refractivity contribution >= 4 is 12.0 Å². The molecule has 2 aliphatic rings. The van der Waals surface area contributed by atoms with Gasteiger partial charge in [0.05, 0.1) is 5.56 Å². The Morgan fingerprint density at radius 1 is 1.18 bits per heavy atom. The van der Waals surface area contributed by atoms with Crippen molar-refractivity contribution in [3.63, 3.8) is 0 Å². The molecule has 2 amide bonds. The van der Waals surface area contributed by atoms with Crippen molar-refractivity contribution in [3.05, 3.63) is 41.4 Å². The zero-order valence-corrected chi connectivity index (χ0v) is 19.0. The summed E-state index contributed by atoms with van der Waals surface area (Å²) in [4.78, 5) is 29.2. The number of carbonyl (C=O) groups excluding carboxylic acids is 2. The Bertz CT molecular complexity index is 1090. The molecule has 1 saturated carbocycles. The van der Waals surface area contributed by atoms with Gasteiger partial charge in [0.15, 0.2) is 0 Å². The maximum Gasteiger partial charge on any atom is 0.410 e. The number of halogens is 1. The third-order valence-electron chi connectivity index (χ3n) is 5.79. The number of rotatable bonds is 4. The van der Waals surface area contributed by atoms with Crippen LogP contribution in [-0.4, -0.2) is 57.7 Å². The molecule has 2 aromatic rings. The minimum atomic E-state index is -0.651. The first-order valence-electron chi connectivity index (χ1n) is 11.1. The Hall–Kier alpha value is -3.41. The fourth-order valence-electron chi connectivity index (χ4n) is 4.04. The number of nitriles is 1. The summed E-state index contributed by atoms with van der Waals surface area (Å²) in [7, 11) is 0. The van der Waals surface area contributed by atoms with Gasteiger partial charge in [-0.2, -0.15) is 5.26 Å². The highest BCUT2D eigenvalue weighted by Gasteiger charge is 2.41. The summed E-state index contributed by atoms with van der Waals surface area (Å²) in [5.41, 5.74) is 0.151. The van der Waals surface area contributed by atoms with E-state index in [9.17, 15) is 14.0 Å². The summed E-state index contributed by atoms with van der Waals surface area (Å²) in [5.74, 6) is -0.806. The lowest BCUT2D eigenvalue weighted by Crippen LogP contribution is -2.50. The average molecular weight is 455 g/mol. The number of ether oxygens (including phenoxy) is 1. The molecule has 9 heteroatoms. The first-order chi connectivity index (χ1) is 15.7. The Labute approximate surface area is 191 Å². The summed E-state index contributed by atoms with van der Waals surface area (Å²) in [5, 5.41) is 12.8. The van der Waals surface area contributed by atoms with E-state index in [1.165, 1.54) is 18.2 Å². The second kappa shape index (κ2) is 8.85. The van der Waals surface area contributed by atoms with E-state index in [1.54, 1.807) is 17.0 Å².